The number of rotatable bonds is 5. The van der Waals surface area contributed by atoms with Gasteiger partial charge in [-0.3, -0.25) is 0 Å². The average molecular weight is 443 g/mol. The topological polar surface area (TPSA) is 78.5 Å². The van der Waals surface area contributed by atoms with Crippen molar-refractivity contribution in [3.63, 3.8) is 0 Å². The quantitative estimate of drug-likeness (QED) is 0.657. The first kappa shape index (κ1) is 20.2. The Hall–Kier alpha value is -2.75. The maximum absolute atomic E-state index is 13.9. The van der Waals surface area contributed by atoms with E-state index in [0.29, 0.717) is 49.6 Å². The van der Waals surface area contributed by atoms with Crippen LogP contribution in [0.3, 0.4) is 0 Å². The van der Waals surface area contributed by atoms with Crippen molar-refractivity contribution in [3.05, 3.63) is 54.1 Å². The Morgan fingerprint density at radius 2 is 1.94 bits per heavy atom. The van der Waals surface area contributed by atoms with E-state index in [0.717, 1.165) is 28.6 Å². The zero-order chi connectivity index (χ0) is 21.6. The number of aromatic amines is 1. The molecule has 0 amide bonds. The zero-order valence-electron chi connectivity index (χ0n) is 17.1. The van der Waals surface area contributed by atoms with Gasteiger partial charge in [0.15, 0.2) is 0 Å². The van der Waals surface area contributed by atoms with Crippen LogP contribution in [0.5, 0.6) is 5.75 Å². The van der Waals surface area contributed by atoms with Crippen LogP contribution in [-0.4, -0.2) is 60.3 Å². The van der Waals surface area contributed by atoms with Crippen LogP contribution in [0, 0.1) is 5.82 Å². The van der Waals surface area contributed by atoms with Crippen LogP contribution in [0.1, 0.15) is 18.5 Å². The van der Waals surface area contributed by atoms with Crippen LogP contribution in [0.2, 0.25) is 0 Å². The number of pyridine rings is 1. The number of fused-ring (bicyclic) bond motifs is 1. The predicted molar refractivity (Wildman–Crippen MR) is 117 cm³/mol. The fourth-order valence-corrected chi connectivity index (χ4v) is 5.74. The molecule has 31 heavy (non-hydrogen) atoms. The molecule has 4 heterocycles. The highest BCUT2D eigenvalue weighted by Gasteiger charge is 2.34. The van der Waals surface area contributed by atoms with Crippen molar-refractivity contribution in [1.82, 2.24) is 18.6 Å². The Morgan fingerprint density at radius 1 is 1.10 bits per heavy atom. The molecule has 7 nitrogen and oxygen atoms in total. The minimum Gasteiger partial charge on any atom is -0.496 e. The molecule has 0 aliphatic carbocycles. The van der Waals surface area contributed by atoms with Gasteiger partial charge in [-0.25, -0.2) is 9.37 Å². The summed E-state index contributed by atoms with van der Waals surface area (Å²) in [5.41, 5.74) is 4.11. The summed E-state index contributed by atoms with van der Waals surface area (Å²) in [6.07, 6.45) is 5.17. The Labute approximate surface area is 180 Å². The third-order valence-electron chi connectivity index (χ3n) is 5.97. The van der Waals surface area contributed by atoms with Crippen molar-refractivity contribution in [1.29, 1.82) is 0 Å². The van der Waals surface area contributed by atoms with Gasteiger partial charge in [0, 0.05) is 49.0 Å². The Morgan fingerprint density at radius 3 is 2.61 bits per heavy atom. The molecular formula is C22H23FN4O3S. The first-order valence-corrected chi connectivity index (χ1v) is 11.6. The van der Waals surface area contributed by atoms with Crippen molar-refractivity contribution >= 4 is 26.8 Å². The molecule has 0 atom stereocenters. The number of methoxy groups -OCH3 is 1. The van der Waals surface area contributed by atoms with E-state index in [1.807, 2.05) is 18.2 Å². The molecule has 1 saturated heterocycles. The molecule has 2 aliphatic rings. The summed E-state index contributed by atoms with van der Waals surface area (Å²) in [5.74, 6) is 0.246. The molecule has 0 saturated carbocycles. The molecule has 1 aromatic carbocycles. The standard InChI is InChI=1S/C22H23FN4O3S/c1-30-21-4-3-16(23)13-18(21)17-5-8-24-22-19(17)14-20(25-22)15-6-11-27(12-7-15)31(28,29)26-9-2-10-26/h3-6,8,13-14H,2,7,9-12H2,1H3,(H,24,25). The summed E-state index contributed by atoms with van der Waals surface area (Å²) in [5, 5.41) is 0.859. The minimum atomic E-state index is -3.36. The van der Waals surface area contributed by atoms with Gasteiger partial charge in [-0.2, -0.15) is 17.0 Å². The van der Waals surface area contributed by atoms with Crippen LogP contribution < -0.4 is 4.74 Å². The molecule has 5 rings (SSSR count). The van der Waals surface area contributed by atoms with Gasteiger partial charge >= 0.3 is 0 Å². The molecule has 1 fully saturated rings. The predicted octanol–water partition coefficient (Wildman–Crippen LogP) is 3.42. The van der Waals surface area contributed by atoms with Gasteiger partial charge in [0.25, 0.3) is 10.2 Å². The average Bonchev–Trinajstić information content (AvgIpc) is 3.16. The molecule has 2 aliphatic heterocycles. The minimum absolute atomic E-state index is 0.338. The van der Waals surface area contributed by atoms with Crippen molar-refractivity contribution in [2.24, 2.45) is 0 Å². The first-order valence-electron chi connectivity index (χ1n) is 10.2. The summed E-state index contributed by atoms with van der Waals surface area (Å²) in [4.78, 5) is 7.76. The lowest BCUT2D eigenvalue weighted by Gasteiger charge is -2.36. The number of ether oxygens (including phenoxy) is 1. The van der Waals surface area contributed by atoms with E-state index in [9.17, 15) is 12.8 Å². The molecule has 2 aromatic heterocycles. The number of benzene rings is 1. The number of aromatic nitrogens is 2. The summed E-state index contributed by atoms with van der Waals surface area (Å²) in [7, 11) is -1.80. The lowest BCUT2D eigenvalue weighted by atomic mass is 10.0. The van der Waals surface area contributed by atoms with E-state index >= 15 is 0 Å². The third-order valence-corrected chi connectivity index (χ3v) is 7.97. The number of halogens is 1. The Balaban J connectivity index is 1.48. The molecule has 3 aromatic rings. The Kier molecular flexibility index (Phi) is 5.04. The van der Waals surface area contributed by atoms with E-state index in [1.165, 1.54) is 20.7 Å². The van der Waals surface area contributed by atoms with Crippen LogP contribution in [-0.2, 0) is 10.2 Å². The molecule has 0 unspecified atom stereocenters. The number of H-pyrrole nitrogens is 1. The van der Waals surface area contributed by atoms with Gasteiger partial charge in [-0.05, 0) is 54.3 Å². The maximum Gasteiger partial charge on any atom is 0.282 e. The van der Waals surface area contributed by atoms with Gasteiger partial charge in [-0.1, -0.05) is 6.08 Å². The van der Waals surface area contributed by atoms with Gasteiger partial charge in [0.2, 0.25) is 0 Å². The molecule has 0 bridgehead atoms. The summed E-state index contributed by atoms with van der Waals surface area (Å²) in [6.45, 7) is 2.00. The number of nitrogens with one attached hydrogen (secondary N) is 1. The van der Waals surface area contributed by atoms with Gasteiger partial charge in [-0.15, -0.1) is 0 Å². The van der Waals surface area contributed by atoms with Crippen LogP contribution in [0.4, 0.5) is 4.39 Å². The molecule has 0 radical (unpaired) electrons. The van der Waals surface area contributed by atoms with E-state index in [1.54, 1.807) is 19.4 Å². The first-order chi connectivity index (χ1) is 15.0. The summed E-state index contributed by atoms with van der Waals surface area (Å²) >= 11 is 0. The molecule has 1 N–H and O–H groups in total. The monoisotopic (exact) mass is 442 g/mol. The van der Waals surface area contributed by atoms with E-state index in [4.69, 9.17) is 4.74 Å². The lowest BCUT2D eigenvalue weighted by Crippen LogP contribution is -2.50. The van der Waals surface area contributed by atoms with Crippen LogP contribution >= 0.6 is 0 Å². The lowest BCUT2D eigenvalue weighted by molar-refractivity contribution is 0.277. The van der Waals surface area contributed by atoms with Crippen molar-refractivity contribution < 1.29 is 17.5 Å². The van der Waals surface area contributed by atoms with E-state index < -0.39 is 10.2 Å². The highest BCUT2D eigenvalue weighted by molar-refractivity contribution is 7.86. The van der Waals surface area contributed by atoms with Crippen LogP contribution in [0.25, 0.3) is 27.7 Å². The molecule has 9 heteroatoms. The van der Waals surface area contributed by atoms with Gasteiger partial charge < -0.3 is 9.72 Å². The number of nitrogens with zero attached hydrogens (tertiary/aromatic N) is 3. The Bertz CT molecular complexity index is 1280. The second kappa shape index (κ2) is 7.74. The summed E-state index contributed by atoms with van der Waals surface area (Å²) < 4.78 is 47.6. The normalized spacial score (nSPS) is 18.1. The second-order valence-corrected chi connectivity index (χ2v) is 9.67. The zero-order valence-corrected chi connectivity index (χ0v) is 18.0. The van der Waals surface area contributed by atoms with Gasteiger partial charge in [0.1, 0.15) is 17.2 Å². The molecule has 162 valence electrons. The van der Waals surface area contributed by atoms with Crippen molar-refractivity contribution in [3.8, 4) is 16.9 Å². The fraction of sp³-hybridized carbons (Fsp3) is 0.318. The summed E-state index contributed by atoms with van der Waals surface area (Å²) in [6, 6.07) is 8.28. The molecular weight excluding hydrogens is 419 g/mol. The van der Waals surface area contributed by atoms with Crippen molar-refractivity contribution in [2.75, 3.05) is 33.3 Å². The van der Waals surface area contributed by atoms with Crippen LogP contribution in [0.15, 0.2) is 42.6 Å². The number of hydrogen-bond acceptors (Lipinski definition) is 4. The fourth-order valence-electron chi connectivity index (χ4n) is 4.11. The smallest absolute Gasteiger partial charge is 0.282 e. The SMILES string of the molecule is COc1ccc(F)cc1-c1ccnc2[nH]c(C3=CCN(S(=O)(=O)N4CCC4)CC3)cc12. The maximum atomic E-state index is 13.9. The molecule has 0 spiro atoms. The highest BCUT2D eigenvalue weighted by Crippen LogP contribution is 2.36. The van der Waals surface area contributed by atoms with E-state index in [2.05, 4.69) is 9.97 Å². The highest BCUT2D eigenvalue weighted by atomic mass is 32.2. The largest absolute Gasteiger partial charge is 0.496 e. The number of hydrogen-bond donors (Lipinski definition) is 1. The van der Waals surface area contributed by atoms with E-state index in [-0.39, 0.29) is 5.82 Å². The third kappa shape index (κ3) is 3.52. The van der Waals surface area contributed by atoms with Gasteiger partial charge in [0.05, 0.1) is 7.11 Å². The second-order valence-electron chi connectivity index (χ2n) is 7.75. The van der Waals surface area contributed by atoms with Crippen molar-refractivity contribution in [2.45, 2.75) is 12.8 Å².